The summed E-state index contributed by atoms with van der Waals surface area (Å²) in [6.45, 7) is 0.851. The zero-order valence-electron chi connectivity index (χ0n) is 8.74. The third-order valence-corrected chi connectivity index (χ3v) is 2.82. The fraction of sp³-hybridized carbons (Fsp3) is 0.500. The summed E-state index contributed by atoms with van der Waals surface area (Å²) in [5.41, 5.74) is 0.0357. The topological polar surface area (TPSA) is 79.5 Å². The normalized spacial score (nSPS) is 20.1. The highest BCUT2D eigenvalue weighted by Gasteiger charge is 2.25. The molecule has 16 heavy (non-hydrogen) atoms. The van der Waals surface area contributed by atoms with E-state index in [-0.39, 0.29) is 18.3 Å². The molecular formula is C10H13N3O3. The Balaban J connectivity index is 2.26. The Labute approximate surface area is 92.7 Å². The monoisotopic (exact) mass is 223 g/mol. The third kappa shape index (κ3) is 1.96. The molecule has 1 saturated heterocycles. The second-order valence-corrected chi connectivity index (χ2v) is 3.80. The molecule has 0 aliphatic carbocycles. The molecule has 0 amide bonds. The van der Waals surface area contributed by atoms with Crippen molar-refractivity contribution in [2.75, 3.05) is 18.1 Å². The van der Waals surface area contributed by atoms with Crippen LogP contribution in [0.1, 0.15) is 12.8 Å². The number of hydrogen-bond acceptors (Lipinski definition) is 5. The van der Waals surface area contributed by atoms with Gasteiger partial charge in [-0.3, -0.25) is 10.1 Å². The van der Waals surface area contributed by atoms with Gasteiger partial charge in [0.15, 0.2) is 0 Å². The molecule has 0 radical (unpaired) electrons. The van der Waals surface area contributed by atoms with Gasteiger partial charge in [-0.2, -0.15) is 0 Å². The minimum atomic E-state index is -0.435. The van der Waals surface area contributed by atoms with Crippen molar-refractivity contribution < 1.29 is 10.0 Å². The summed E-state index contributed by atoms with van der Waals surface area (Å²) in [5, 5.41) is 19.8. The lowest BCUT2D eigenvalue weighted by Gasteiger charge is -2.23. The molecule has 2 rings (SSSR count). The van der Waals surface area contributed by atoms with Crippen LogP contribution >= 0.6 is 0 Å². The van der Waals surface area contributed by atoms with E-state index in [0.717, 1.165) is 19.4 Å². The van der Waals surface area contributed by atoms with Crippen LogP contribution in [0.3, 0.4) is 0 Å². The molecule has 1 atom stereocenters. The van der Waals surface area contributed by atoms with Crippen molar-refractivity contribution in [3.05, 3.63) is 28.4 Å². The average molecular weight is 223 g/mol. The lowest BCUT2D eigenvalue weighted by molar-refractivity contribution is -0.384. The molecule has 0 spiro atoms. The van der Waals surface area contributed by atoms with E-state index in [1.54, 1.807) is 0 Å². The second-order valence-electron chi connectivity index (χ2n) is 3.80. The first-order valence-electron chi connectivity index (χ1n) is 5.20. The summed E-state index contributed by atoms with van der Waals surface area (Å²) >= 11 is 0. The number of aliphatic hydroxyl groups excluding tert-OH is 1. The van der Waals surface area contributed by atoms with Gasteiger partial charge in [-0.25, -0.2) is 4.98 Å². The summed E-state index contributed by atoms with van der Waals surface area (Å²) in [7, 11) is 0. The molecule has 1 aromatic rings. The Kier molecular flexibility index (Phi) is 3.00. The highest BCUT2D eigenvalue weighted by Crippen LogP contribution is 2.25. The molecule has 1 aliphatic rings. The number of nitro groups is 1. The van der Waals surface area contributed by atoms with Crippen LogP contribution in [0.5, 0.6) is 0 Å². The second kappa shape index (κ2) is 4.44. The number of aromatic nitrogens is 1. The SMILES string of the molecule is O=[N+]([O-])c1ccnc(N2CCCC2CO)c1. The van der Waals surface area contributed by atoms with Crippen LogP contribution in [0.2, 0.25) is 0 Å². The van der Waals surface area contributed by atoms with Crippen LogP contribution in [-0.4, -0.2) is 34.2 Å². The first kappa shape index (κ1) is 10.8. The summed E-state index contributed by atoms with van der Waals surface area (Å²) < 4.78 is 0. The van der Waals surface area contributed by atoms with Crippen LogP contribution in [0.25, 0.3) is 0 Å². The van der Waals surface area contributed by atoms with Gasteiger partial charge in [0.05, 0.1) is 23.6 Å². The maximum absolute atomic E-state index is 10.6. The van der Waals surface area contributed by atoms with Crippen molar-refractivity contribution in [1.29, 1.82) is 0 Å². The zero-order chi connectivity index (χ0) is 11.5. The van der Waals surface area contributed by atoms with Crippen LogP contribution in [0.15, 0.2) is 18.3 Å². The van der Waals surface area contributed by atoms with E-state index < -0.39 is 4.92 Å². The molecule has 0 bridgehead atoms. The highest BCUT2D eigenvalue weighted by molar-refractivity contribution is 5.48. The Hall–Kier alpha value is -1.69. The number of hydrogen-bond donors (Lipinski definition) is 1. The molecule has 86 valence electrons. The van der Waals surface area contributed by atoms with E-state index in [1.165, 1.54) is 18.3 Å². The summed E-state index contributed by atoms with van der Waals surface area (Å²) in [6, 6.07) is 2.86. The molecule has 1 aromatic heterocycles. The van der Waals surface area contributed by atoms with Gasteiger partial charge in [0.25, 0.3) is 5.69 Å². The smallest absolute Gasteiger partial charge is 0.274 e. The van der Waals surface area contributed by atoms with Crippen molar-refractivity contribution in [1.82, 2.24) is 4.98 Å². The van der Waals surface area contributed by atoms with Gasteiger partial charge in [-0.15, -0.1) is 0 Å². The predicted molar refractivity (Wildman–Crippen MR) is 58.3 cm³/mol. The molecule has 1 aliphatic heterocycles. The molecule has 1 unspecified atom stereocenters. The minimum absolute atomic E-state index is 0.0357. The van der Waals surface area contributed by atoms with E-state index in [4.69, 9.17) is 0 Å². The summed E-state index contributed by atoms with van der Waals surface area (Å²) in [5.74, 6) is 0.575. The van der Waals surface area contributed by atoms with Crippen LogP contribution < -0.4 is 4.90 Å². The van der Waals surface area contributed by atoms with Gasteiger partial charge in [0.2, 0.25) is 0 Å². The van der Waals surface area contributed by atoms with E-state index in [2.05, 4.69) is 4.98 Å². The number of pyridine rings is 1. The molecule has 2 heterocycles. The van der Waals surface area contributed by atoms with E-state index in [0.29, 0.717) is 5.82 Å². The number of anilines is 1. The minimum Gasteiger partial charge on any atom is -0.394 e. The Bertz CT molecular complexity index is 397. The van der Waals surface area contributed by atoms with Gasteiger partial charge >= 0.3 is 0 Å². The Morgan fingerprint density at radius 2 is 2.50 bits per heavy atom. The quantitative estimate of drug-likeness (QED) is 0.609. The van der Waals surface area contributed by atoms with Crippen LogP contribution in [-0.2, 0) is 0 Å². The largest absolute Gasteiger partial charge is 0.394 e. The van der Waals surface area contributed by atoms with Crippen molar-refractivity contribution in [2.24, 2.45) is 0 Å². The first-order chi connectivity index (χ1) is 7.72. The zero-order valence-corrected chi connectivity index (χ0v) is 8.74. The van der Waals surface area contributed by atoms with Gasteiger partial charge < -0.3 is 10.0 Å². The van der Waals surface area contributed by atoms with Gasteiger partial charge in [-0.05, 0) is 12.8 Å². The summed E-state index contributed by atoms with van der Waals surface area (Å²) in [6.07, 6.45) is 3.32. The first-order valence-corrected chi connectivity index (χ1v) is 5.20. The molecule has 6 nitrogen and oxygen atoms in total. The molecule has 6 heteroatoms. The van der Waals surface area contributed by atoms with Gasteiger partial charge in [0.1, 0.15) is 5.82 Å². The highest BCUT2D eigenvalue weighted by atomic mass is 16.6. The maximum atomic E-state index is 10.6. The number of nitrogens with zero attached hydrogens (tertiary/aromatic N) is 3. The van der Waals surface area contributed by atoms with Crippen molar-refractivity contribution in [3.63, 3.8) is 0 Å². The maximum Gasteiger partial charge on any atom is 0.274 e. The average Bonchev–Trinajstić information content (AvgIpc) is 2.77. The van der Waals surface area contributed by atoms with Crippen molar-refractivity contribution in [2.45, 2.75) is 18.9 Å². The molecule has 0 aromatic carbocycles. The van der Waals surface area contributed by atoms with Crippen LogP contribution in [0.4, 0.5) is 11.5 Å². The molecule has 1 N–H and O–H groups in total. The van der Waals surface area contributed by atoms with Crippen LogP contribution in [0, 0.1) is 10.1 Å². The number of rotatable bonds is 3. The number of aliphatic hydroxyl groups is 1. The van der Waals surface area contributed by atoms with Crippen molar-refractivity contribution in [3.8, 4) is 0 Å². The lowest BCUT2D eigenvalue weighted by atomic mass is 10.2. The van der Waals surface area contributed by atoms with E-state index in [1.807, 2.05) is 4.90 Å². The van der Waals surface area contributed by atoms with E-state index >= 15 is 0 Å². The predicted octanol–water partition coefficient (Wildman–Crippen LogP) is 0.951. The van der Waals surface area contributed by atoms with Gasteiger partial charge in [-0.1, -0.05) is 0 Å². The third-order valence-electron chi connectivity index (χ3n) is 2.82. The van der Waals surface area contributed by atoms with Crippen molar-refractivity contribution >= 4 is 11.5 Å². The Morgan fingerprint density at radius 1 is 1.69 bits per heavy atom. The molecular weight excluding hydrogens is 210 g/mol. The standard InChI is InChI=1S/C10H13N3O3/c14-7-9-2-1-5-12(9)10-6-8(13(15)16)3-4-11-10/h3-4,6,9,14H,1-2,5,7H2. The summed E-state index contributed by atoms with van der Waals surface area (Å²) in [4.78, 5) is 16.2. The fourth-order valence-corrected chi connectivity index (χ4v) is 2.01. The molecule has 0 saturated carbocycles. The Morgan fingerprint density at radius 3 is 3.19 bits per heavy atom. The fourth-order valence-electron chi connectivity index (χ4n) is 2.01. The molecule has 1 fully saturated rings. The van der Waals surface area contributed by atoms with Gasteiger partial charge in [0, 0.05) is 18.8 Å². The lowest BCUT2D eigenvalue weighted by Crippen LogP contribution is -2.32. The van der Waals surface area contributed by atoms with E-state index in [9.17, 15) is 15.2 Å².